The van der Waals surface area contributed by atoms with Crippen molar-refractivity contribution in [1.29, 1.82) is 0 Å². The molecule has 1 heterocycles. The molecule has 2 rings (SSSR count). The Labute approximate surface area is 72.9 Å². The van der Waals surface area contributed by atoms with Gasteiger partial charge in [0.25, 0.3) is 0 Å². The first-order chi connectivity index (χ1) is 5.71. The maximum atomic E-state index is 5.68. The summed E-state index contributed by atoms with van der Waals surface area (Å²) in [5.74, 6) is 0.994. The van der Waals surface area contributed by atoms with Gasteiger partial charge in [-0.2, -0.15) is 0 Å². The molecule has 0 amide bonds. The van der Waals surface area contributed by atoms with E-state index < -0.39 is 0 Å². The number of ether oxygens (including phenoxy) is 2. The number of hydrogen-bond acceptors (Lipinski definition) is 2. The van der Waals surface area contributed by atoms with Crippen molar-refractivity contribution >= 4 is 0 Å². The normalized spacial score (nSPS) is 34.5. The first kappa shape index (κ1) is 7.87. The van der Waals surface area contributed by atoms with Gasteiger partial charge in [0, 0.05) is 6.42 Å². The Hall–Kier alpha value is -0.760. The van der Waals surface area contributed by atoms with E-state index >= 15 is 0 Å². The Morgan fingerprint density at radius 1 is 1.42 bits per heavy atom. The molecule has 1 atom stereocenters. The Balaban J connectivity index is 2.28. The number of allylic oxidation sites excluding steroid dienone is 2. The van der Waals surface area contributed by atoms with E-state index in [4.69, 9.17) is 9.47 Å². The van der Waals surface area contributed by atoms with E-state index in [9.17, 15) is 0 Å². The van der Waals surface area contributed by atoms with Gasteiger partial charge in [-0.05, 0) is 19.9 Å². The third-order valence-electron chi connectivity index (χ3n) is 2.46. The summed E-state index contributed by atoms with van der Waals surface area (Å²) in [4.78, 5) is 0. The van der Waals surface area contributed by atoms with Crippen LogP contribution in [0.5, 0.6) is 0 Å². The van der Waals surface area contributed by atoms with Crippen LogP contribution < -0.4 is 0 Å². The molecule has 2 heteroatoms. The second-order valence-corrected chi connectivity index (χ2v) is 3.59. The van der Waals surface area contributed by atoms with E-state index in [0.29, 0.717) is 13.2 Å². The van der Waals surface area contributed by atoms with Gasteiger partial charge in [0.15, 0.2) is 0 Å². The molecule has 1 saturated heterocycles. The maximum Gasteiger partial charge on any atom is 0.128 e. The fourth-order valence-electron chi connectivity index (χ4n) is 1.62. The molecule has 0 saturated carbocycles. The molecule has 0 bridgehead atoms. The fraction of sp³-hybridized carbons (Fsp3) is 0.600. The zero-order valence-electron chi connectivity index (χ0n) is 7.59. The lowest BCUT2D eigenvalue weighted by atomic mass is 9.91. The number of hydrogen-bond donors (Lipinski definition) is 0. The molecule has 1 aliphatic heterocycles. The lowest BCUT2D eigenvalue weighted by Crippen LogP contribution is -2.39. The Morgan fingerprint density at radius 2 is 2.25 bits per heavy atom. The van der Waals surface area contributed by atoms with Crippen molar-refractivity contribution in [2.75, 3.05) is 13.2 Å². The van der Waals surface area contributed by atoms with Crippen LogP contribution in [-0.4, -0.2) is 18.8 Å². The summed E-state index contributed by atoms with van der Waals surface area (Å²) in [6.07, 6.45) is 5.20. The summed E-state index contributed by atoms with van der Waals surface area (Å²) in [5, 5.41) is 0. The van der Waals surface area contributed by atoms with Crippen LogP contribution in [0.4, 0.5) is 0 Å². The van der Waals surface area contributed by atoms with Gasteiger partial charge in [0.05, 0.1) is 6.61 Å². The average Bonchev–Trinajstić information content (AvgIpc) is 2.06. The molecule has 0 aromatic rings. The minimum absolute atomic E-state index is 0.183. The van der Waals surface area contributed by atoms with Crippen molar-refractivity contribution in [1.82, 2.24) is 0 Å². The van der Waals surface area contributed by atoms with Crippen LogP contribution >= 0.6 is 0 Å². The predicted molar refractivity (Wildman–Crippen MR) is 46.8 cm³/mol. The van der Waals surface area contributed by atoms with Gasteiger partial charge in [0.1, 0.15) is 18.0 Å². The standard InChI is InChI=1S/C10H14O2/c1-8-3-4-10(2)9(7-8)11-5-6-12-10/h3,7H,4-6H2,1-2H3. The van der Waals surface area contributed by atoms with Crippen LogP contribution in [0, 0.1) is 0 Å². The quantitative estimate of drug-likeness (QED) is 0.548. The van der Waals surface area contributed by atoms with Gasteiger partial charge in [-0.1, -0.05) is 11.6 Å². The second-order valence-electron chi connectivity index (χ2n) is 3.59. The zero-order valence-corrected chi connectivity index (χ0v) is 7.59. The van der Waals surface area contributed by atoms with E-state index in [1.807, 2.05) is 0 Å². The van der Waals surface area contributed by atoms with Gasteiger partial charge >= 0.3 is 0 Å². The molecule has 1 aliphatic carbocycles. The molecule has 1 fully saturated rings. The molecule has 66 valence electrons. The summed E-state index contributed by atoms with van der Waals surface area (Å²) in [5.41, 5.74) is 1.09. The molecule has 1 unspecified atom stereocenters. The molecule has 0 aromatic carbocycles. The van der Waals surface area contributed by atoms with E-state index in [1.165, 1.54) is 5.57 Å². The van der Waals surface area contributed by atoms with Crippen molar-refractivity contribution in [2.45, 2.75) is 25.9 Å². The van der Waals surface area contributed by atoms with Gasteiger partial charge in [0.2, 0.25) is 0 Å². The van der Waals surface area contributed by atoms with Crippen LogP contribution in [0.15, 0.2) is 23.5 Å². The summed E-state index contributed by atoms with van der Waals surface area (Å²) in [6, 6.07) is 0. The third kappa shape index (κ3) is 1.16. The molecule has 2 nitrogen and oxygen atoms in total. The average molecular weight is 166 g/mol. The summed E-state index contributed by atoms with van der Waals surface area (Å²) < 4.78 is 11.2. The van der Waals surface area contributed by atoms with Gasteiger partial charge in [-0.25, -0.2) is 0 Å². The zero-order chi connectivity index (χ0) is 8.60. The van der Waals surface area contributed by atoms with Crippen LogP contribution in [0.1, 0.15) is 20.3 Å². The minimum atomic E-state index is -0.183. The van der Waals surface area contributed by atoms with Crippen LogP contribution in [0.2, 0.25) is 0 Å². The Kier molecular flexibility index (Phi) is 1.72. The van der Waals surface area contributed by atoms with Crippen molar-refractivity contribution in [3.05, 3.63) is 23.5 Å². The molecule has 0 aromatic heterocycles. The van der Waals surface area contributed by atoms with Gasteiger partial charge < -0.3 is 9.47 Å². The number of rotatable bonds is 0. The largest absolute Gasteiger partial charge is 0.492 e. The van der Waals surface area contributed by atoms with E-state index in [1.54, 1.807) is 0 Å². The SMILES string of the molecule is CC1=CCC2(C)OCCOC2=C1. The molecule has 12 heavy (non-hydrogen) atoms. The lowest BCUT2D eigenvalue weighted by Gasteiger charge is -2.37. The lowest BCUT2D eigenvalue weighted by molar-refractivity contribution is -0.102. The topological polar surface area (TPSA) is 18.5 Å². The van der Waals surface area contributed by atoms with E-state index in [2.05, 4.69) is 26.0 Å². The van der Waals surface area contributed by atoms with Gasteiger partial charge in [-0.15, -0.1) is 0 Å². The molecular weight excluding hydrogens is 152 g/mol. The van der Waals surface area contributed by atoms with Crippen LogP contribution in [0.3, 0.4) is 0 Å². The molecule has 2 aliphatic rings. The molecule has 0 radical (unpaired) electrons. The Morgan fingerprint density at radius 3 is 3.08 bits per heavy atom. The van der Waals surface area contributed by atoms with Crippen molar-refractivity contribution < 1.29 is 9.47 Å². The highest BCUT2D eigenvalue weighted by Gasteiger charge is 2.35. The predicted octanol–water partition coefficient (Wildman–Crippen LogP) is 2.03. The highest BCUT2D eigenvalue weighted by Crippen LogP contribution is 2.34. The first-order valence-corrected chi connectivity index (χ1v) is 4.36. The molecule has 0 spiro atoms. The van der Waals surface area contributed by atoms with Crippen molar-refractivity contribution in [3.63, 3.8) is 0 Å². The maximum absolute atomic E-state index is 5.68. The highest BCUT2D eigenvalue weighted by atomic mass is 16.6. The highest BCUT2D eigenvalue weighted by molar-refractivity contribution is 5.30. The van der Waals surface area contributed by atoms with Crippen LogP contribution in [0.25, 0.3) is 0 Å². The van der Waals surface area contributed by atoms with E-state index in [0.717, 1.165) is 12.2 Å². The van der Waals surface area contributed by atoms with Crippen molar-refractivity contribution in [3.8, 4) is 0 Å². The second kappa shape index (κ2) is 2.63. The van der Waals surface area contributed by atoms with Gasteiger partial charge in [-0.3, -0.25) is 0 Å². The van der Waals surface area contributed by atoms with E-state index in [-0.39, 0.29) is 5.60 Å². The summed E-state index contributed by atoms with van der Waals surface area (Å²) >= 11 is 0. The van der Waals surface area contributed by atoms with Crippen LogP contribution in [-0.2, 0) is 9.47 Å². The molecular formula is C10H14O2. The monoisotopic (exact) mass is 166 g/mol. The van der Waals surface area contributed by atoms with Crippen molar-refractivity contribution in [2.24, 2.45) is 0 Å². The third-order valence-corrected chi connectivity index (χ3v) is 2.46. The fourth-order valence-corrected chi connectivity index (χ4v) is 1.62. The Bertz CT molecular complexity index is 253. The number of fused-ring (bicyclic) bond motifs is 1. The minimum Gasteiger partial charge on any atom is -0.492 e. The smallest absolute Gasteiger partial charge is 0.128 e. The summed E-state index contributed by atoms with van der Waals surface area (Å²) in [6.45, 7) is 5.57. The summed E-state index contributed by atoms with van der Waals surface area (Å²) in [7, 11) is 0. The molecule has 0 N–H and O–H groups in total. The first-order valence-electron chi connectivity index (χ1n) is 4.36.